The molecule has 1 aliphatic heterocycles. The van der Waals surface area contributed by atoms with Gasteiger partial charge in [0.05, 0.1) is 0 Å². The summed E-state index contributed by atoms with van der Waals surface area (Å²) in [5.41, 5.74) is 4.13. The van der Waals surface area contributed by atoms with Crippen LogP contribution in [0.25, 0.3) is 11.3 Å². The molecule has 0 atom stereocenters. The summed E-state index contributed by atoms with van der Waals surface area (Å²) in [7, 11) is 0. The summed E-state index contributed by atoms with van der Waals surface area (Å²) in [6, 6.07) is 6.11. The van der Waals surface area contributed by atoms with Gasteiger partial charge < -0.3 is 15.4 Å². The number of nitrogens with one attached hydrogen (secondary N) is 2. The van der Waals surface area contributed by atoms with Crippen LogP contribution in [0.15, 0.2) is 24.4 Å². The molecule has 150 valence electrons. The molecule has 1 aromatic heterocycles. The van der Waals surface area contributed by atoms with Crippen LogP contribution in [-0.4, -0.2) is 35.3 Å². The van der Waals surface area contributed by atoms with E-state index in [0.29, 0.717) is 13.2 Å². The quantitative estimate of drug-likeness (QED) is 0.723. The average Bonchev–Trinajstić information content (AvgIpc) is 3.11. The minimum absolute atomic E-state index is 0.00954. The zero-order chi connectivity index (χ0) is 19.3. The van der Waals surface area contributed by atoms with Gasteiger partial charge in [0.25, 0.3) is 0 Å². The molecule has 1 aromatic carbocycles. The molecule has 4 rings (SSSR count). The van der Waals surface area contributed by atoms with Crippen LogP contribution in [0.4, 0.5) is 0 Å². The molecule has 1 amide bonds. The van der Waals surface area contributed by atoms with Crippen molar-refractivity contribution in [3.05, 3.63) is 35.5 Å². The Morgan fingerprint density at radius 2 is 2.11 bits per heavy atom. The Labute approximate surface area is 166 Å². The fraction of sp³-hybridized carbons (Fsp3) is 0.545. The van der Waals surface area contributed by atoms with Gasteiger partial charge in [0.1, 0.15) is 24.6 Å². The highest BCUT2D eigenvalue weighted by molar-refractivity contribution is 5.76. The Morgan fingerprint density at radius 1 is 1.25 bits per heavy atom. The van der Waals surface area contributed by atoms with Gasteiger partial charge in [-0.3, -0.25) is 9.48 Å². The summed E-state index contributed by atoms with van der Waals surface area (Å²) in [5, 5.41) is 11.1. The number of fused-ring (bicyclic) bond motifs is 3. The van der Waals surface area contributed by atoms with Crippen LogP contribution in [0.2, 0.25) is 0 Å². The van der Waals surface area contributed by atoms with Gasteiger partial charge in [-0.1, -0.05) is 30.9 Å². The smallest absolute Gasteiger partial charge is 0.241 e. The lowest BCUT2D eigenvalue weighted by Crippen LogP contribution is -2.35. The number of hydrogen-bond acceptors (Lipinski definition) is 4. The normalized spacial score (nSPS) is 16.2. The summed E-state index contributed by atoms with van der Waals surface area (Å²) in [6.45, 7) is 5.33. The molecular formula is C22H30N4O2. The van der Waals surface area contributed by atoms with Crippen molar-refractivity contribution in [2.45, 2.75) is 52.2 Å². The van der Waals surface area contributed by atoms with Crippen LogP contribution in [0, 0.1) is 12.8 Å². The molecule has 0 bridgehead atoms. The Bertz CT molecular complexity index is 824. The Balaban J connectivity index is 1.24. The maximum atomic E-state index is 12.3. The third-order valence-corrected chi connectivity index (χ3v) is 5.70. The first-order valence-electron chi connectivity index (χ1n) is 10.5. The van der Waals surface area contributed by atoms with Crippen molar-refractivity contribution in [2.24, 2.45) is 5.92 Å². The monoisotopic (exact) mass is 382 g/mol. The van der Waals surface area contributed by atoms with E-state index in [9.17, 15) is 4.79 Å². The van der Waals surface area contributed by atoms with E-state index in [1.165, 1.54) is 37.7 Å². The van der Waals surface area contributed by atoms with Crippen LogP contribution in [0.5, 0.6) is 5.75 Å². The van der Waals surface area contributed by atoms with Gasteiger partial charge in [0.2, 0.25) is 5.91 Å². The number of nitrogens with zero attached hydrogens (tertiary/aromatic N) is 2. The Morgan fingerprint density at radius 3 is 2.96 bits per heavy atom. The van der Waals surface area contributed by atoms with Crippen molar-refractivity contribution < 1.29 is 9.53 Å². The topological polar surface area (TPSA) is 68.2 Å². The highest BCUT2D eigenvalue weighted by Crippen LogP contribution is 2.36. The largest absolute Gasteiger partial charge is 0.488 e. The van der Waals surface area contributed by atoms with E-state index in [2.05, 4.69) is 28.7 Å². The summed E-state index contributed by atoms with van der Waals surface area (Å²) in [6.07, 6.45) is 8.73. The number of ether oxygens (including phenoxy) is 1. The first-order chi connectivity index (χ1) is 13.7. The van der Waals surface area contributed by atoms with Gasteiger partial charge in [0.15, 0.2) is 0 Å². The number of rotatable bonds is 7. The minimum atomic E-state index is -0.00954. The molecule has 0 radical (unpaired) electrons. The van der Waals surface area contributed by atoms with E-state index in [1.54, 1.807) is 4.68 Å². The maximum Gasteiger partial charge on any atom is 0.241 e. The number of benzene rings is 1. The van der Waals surface area contributed by atoms with E-state index in [1.807, 2.05) is 18.3 Å². The average molecular weight is 383 g/mol. The molecule has 0 unspecified atom stereocenters. The molecule has 2 aliphatic rings. The summed E-state index contributed by atoms with van der Waals surface area (Å²) < 4.78 is 7.52. The fourth-order valence-corrected chi connectivity index (χ4v) is 4.18. The molecule has 0 spiro atoms. The third-order valence-electron chi connectivity index (χ3n) is 5.70. The molecular weight excluding hydrogens is 352 g/mol. The molecule has 1 fully saturated rings. The third kappa shape index (κ3) is 4.55. The number of hydrogen-bond donors (Lipinski definition) is 2. The zero-order valence-electron chi connectivity index (χ0n) is 16.7. The lowest BCUT2D eigenvalue weighted by Gasteiger charge is -2.21. The van der Waals surface area contributed by atoms with Gasteiger partial charge in [0, 0.05) is 30.4 Å². The predicted octanol–water partition coefficient (Wildman–Crippen LogP) is 3.04. The second-order valence-corrected chi connectivity index (χ2v) is 8.05. The van der Waals surface area contributed by atoms with Crippen LogP contribution in [0.1, 0.15) is 43.2 Å². The summed E-state index contributed by atoms with van der Waals surface area (Å²) in [5.74, 6) is 1.66. The molecule has 2 heterocycles. The lowest BCUT2D eigenvalue weighted by atomic mass is 9.89. The first-order valence-corrected chi connectivity index (χ1v) is 10.5. The van der Waals surface area contributed by atoms with Crippen LogP contribution >= 0.6 is 0 Å². The van der Waals surface area contributed by atoms with Crippen molar-refractivity contribution in [3.8, 4) is 17.0 Å². The van der Waals surface area contributed by atoms with Gasteiger partial charge >= 0.3 is 0 Å². The Kier molecular flexibility index (Phi) is 5.95. The van der Waals surface area contributed by atoms with E-state index in [0.717, 1.165) is 41.6 Å². The van der Waals surface area contributed by atoms with Crippen molar-refractivity contribution in [3.63, 3.8) is 0 Å². The summed E-state index contributed by atoms with van der Waals surface area (Å²) in [4.78, 5) is 12.3. The highest BCUT2D eigenvalue weighted by Gasteiger charge is 2.21. The number of carbonyl (C=O) groups excluding carboxylic acids is 1. The van der Waals surface area contributed by atoms with Gasteiger partial charge in [-0.05, 0) is 44.4 Å². The molecule has 1 aliphatic carbocycles. The van der Waals surface area contributed by atoms with Crippen molar-refractivity contribution >= 4 is 5.91 Å². The lowest BCUT2D eigenvalue weighted by molar-refractivity contribution is -0.121. The van der Waals surface area contributed by atoms with Gasteiger partial charge in [-0.15, -0.1) is 0 Å². The van der Waals surface area contributed by atoms with Crippen LogP contribution < -0.4 is 15.4 Å². The number of aromatic nitrogens is 2. The maximum absolute atomic E-state index is 12.3. The molecule has 2 aromatic rings. The van der Waals surface area contributed by atoms with Crippen molar-refractivity contribution in [1.29, 1.82) is 0 Å². The van der Waals surface area contributed by atoms with E-state index >= 15 is 0 Å². The zero-order valence-corrected chi connectivity index (χ0v) is 16.7. The van der Waals surface area contributed by atoms with Crippen LogP contribution in [0.3, 0.4) is 0 Å². The van der Waals surface area contributed by atoms with Crippen molar-refractivity contribution in [2.75, 3.05) is 19.6 Å². The van der Waals surface area contributed by atoms with Gasteiger partial charge in [-0.2, -0.15) is 5.10 Å². The molecule has 1 saturated carbocycles. The molecule has 2 N–H and O–H groups in total. The van der Waals surface area contributed by atoms with Crippen LogP contribution in [-0.2, 0) is 17.9 Å². The first kappa shape index (κ1) is 19.0. The Hall–Kier alpha value is -2.34. The van der Waals surface area contributed by atoms with E-state index in [4.69, 9.17) is 4.74 Å². The second kappa shape index (κ2) is 8.78. The van der Waals surface area contributed by atoms with E-state index < -0.39 is 0 Å². The van der Waals surface area contributed by atoms with Crippen molar-refractivity contribution in [1.82, 2.24) is 20.4 Å². The molecule has 6 heteroatoms. The predicted molar refractivity (Wildman–Crippen MR) is 109 cm³/mol. The molecule has 28 heavy (non-hydrogen) atoms. The van der Waals surface area contributed by atoms with E-state index in [-0.39, 0.29) is 12.5 Å². The second-order valence-electron chi connectivity index (χ2n) is 8.05. The fourth-order valence-electron chi connectivity index (χ4n) is 4.18. The molecule has 6 nitrogen and oxygen atoms in total. The highest BCUT2D eigenvalue weighted by atomic mass is 16.5. The summed E-state index contributed by atoms with van der Waals surface area (Å²) >= 11 is 0. The minimum Gasteiger partial charge on any atom is -0.488 e. The number of amides is 1. The SMILES string of the molecule is Cc1ccc2c(c1)-c1nn(CC(=O)NCCNCC3CCCCC3)cc1CO2. The van der Waals surface area contributed by atoms with Gasteiger partial charge in [-0.25, -0.2) is 0 Å². The number of carbonyl (C=O) groups is 1. The standard InChI is InChI=1S/C22H30N4O2/c1-16-7-8-20-19(11-16)22-18(15-28-20)13-26(25-22)14-21(27)24-10-9-23-12-17-5-3-2-4-6-17/h7-8,11,13,17,23H,2-6,9-10,12,14-15H2,1H3,(H,24,27). The number of aryl methyl sites for hydroxylation is 1. The molecule has 0 saturated heterocycles.